The number of likely N-dealkylation sites (N-methyl/N-ethyl adjacent to an activating group) is 1. The summed E-state index contributed by atoms with van der Waals surface area (Å²) in [5, 5.41) is 19.1. The topological polar surface area (TPSA) is 52.5 Å². The van der Waals surface area contributed by atoms with Crippen LogP contribution in [0.2, 0.25) is 0 Å². The van der Waals surface area contributed by atoms with Crippen LogP contribution in [-0.2, 0) is 0 Å². The van der Waals surface area contributed by atoms with E-state index in [-0.39, 0.29) is 5.75 Å². The molecule has 0 unspecified atom stereocenters. The average Bonchev–Trinajstić information content (AvgIpc) is 2.54. The third-order valence-corrected chi connectivity index (χ3v) is 4.82. The summed E-state index contributed by atoms with van der Waals surface area (Å²) in [6.45, 7) is 5.97. The van der Waals surface area contributed by atoms with E-state index in [2.05, 4.69) is 40.2 Å². The number of phenolic OH excluding ortho intramolecular Hbond substituents is 1. The van der Waals surface area contributed by atoms with Gasteiger partial charge in [0, 0.05) is 24.7 Å². The number of aromatic nitrogens is 2. The van der Waals surface area contributed by atoms with Crippen LogP contribution in [0.4, 0.5) is 5.82 Å². The molecule has 0 aliphatic carbocycles. The molecular weight excluding hydrogens is 300 g/mol. The molecule has 5 heteroatoms. The number of hydrogen-bond donors (Lipinski definition) is 1. The van der Waals surface area contributed by atoms with Gasteiger partial charge in [-0.2, -0.15) is 0 Å². The van der Waals surface area contributed by atoms with E-state index in [0.29, 0.717) is 6.04 Å². The summed E-state index contributed by atoms with van der Waals surface area (Å²) in [6, 6.07) is 8.35. The third-order valence-electron chi connectivity index (χ3n) is 4.82. The minimum Gasteiger partial charge on any atom is -0.507 e. The maximum absolute atomic E-state index is 10.3. The molecule has 0 spiro atoms. The monoisotopic (exact) mass is 326 g/mol. The molecule has 1 saturated heterocycles. The molecule has 0 amide bonds. The van der Waals surface area contributed by atoms with Crippen molar-refractivity contribution in [3.63, 3.8) is 0 Å². The summed E-state index contributed by atoms with van der Waals surface area (Å²) in [4.78, 5) is 4.58. The Bertz CT molecular complexity index is 689. The molecule has 1 aliphatic rings. The molecule has 1 aliphatic heterocycles. The van der Waals surface area contributed by atoms with Crippen LogP contribution in [0.1, 0.15) is 24.0 Å². The molecule has 1 aromatic heterocycles. The maximum atomic E-state index is 10.3. The van der Waals surface area contributed by atoms with E-state index in [9.17, 15) is 5.11 Å². The van der Waals surface area contributed by atoms with Gasteiger partial charge in [-0.15, -0.1) is 10.2 Å². The van der Waals surface area contributed by atoms with Crippen LogP contribution in [0.15, 0.2) is 24.3 Å². The SMILES string of the molecule is Cc1cc(C)c(-c2ccc(N3CCC[C@H](N(C)C)C3)nn2)c(O)c1. The Labute approximate surface area is 143 Å². The Morgan fingerprint density at radius 1 is 1.17 bits per heavy atom. The van der Waals surface area contributed by atoms with E-state index in [1.807, 2.05) is 26.0 Å². The molecule has 0 bridgehead atoms. The molecule has 24 heavy (non-hydrogen) atoms. The highest BCUT2D eigenvalue weighted by Gasteiger charge is 2.22. The fourth-order valence-electron chi connectivity index (χ4n) is 3.49. The summed E-state index contributed by atoms with van der Waals surface area (Å²) in [5.41, 5.74) is 3.54. The van der Waals surface area contributed by atoms with E-state index >= 15 is 0 Å². The standard InChI is InChI=1S/C19H26N4O/c1-13-10-14(2)19(17(24)11-13)16-7-8-18(21-20-16)23-9-5-6-15(12-23)22(3)4/h7-8,10-11,15,24H,5-6,9,12H2,1-4H3/t15-/m0/s1. The van der Waals surface area contributed by atoms with Crippen molar-refractivity contribution >= 4 is 5.82 Å². The van der Waals surface area contributed by atoms with Gasteiger partial charge in [-0.05, 0) is 70.1 Å². The molecule has 0 radical (unpaired) electrons. The predicted octanol–water partition coefficient (Wildman–Crippen LogP) is 3.00. The first-order chi connectivity index (χ1) is 11.5. The van der Waals surface area contributed by atoms with Gasteiger partial charge in [0.2, 0.25) is 0 Å². The van der Waals surface area contributed by atoms with Crippen molar-refractivity contribution in [1.29, 1.82) is 0 Å². The quantitative estimate of drug-likeness (QED) is 0.940. The summed E-state index contributed by atoms with van der Waals surface area (Å²) in [6.07, 6.45) is 2.40. The van der Waals surface area contributed by atoms with E-state index in [1.54, 1.807) is 6.07 Å². The minimum atomic E-state index is 0.264. The van der Waals surface area contributed by atoms with Crippen LogP contribution in [0, 0.1) is 13.8 Å². The van der Waals surface area contributed by atoms with E-state index in [0.717, 1.165) is 41.3 Å². The van der Waals surface area contributed by atoms with E-state index < -0.39 is 0 Å². The second-order valence-corrected chi connectivity index (χ2v) is 6.96. The number of piperidine rings is 1. The molecule has 2 heterocycles. The number of aryl methyl sites for hydroxylation is 2. The lowest BCUT2D eigenvalue weighted by atomic mass is 10.0. The fraction of sp³-hybridized carbons (Fsp3) is 0.474. The highest BCUT2D eigenvalue weighted by Crippen LogP contribution is 2.32. The molecular formula is C19H26N4O. The molecule has 1 N–H and O–H groups in total. The second kappa shape index (κ2) is 6.77. The first kappa shape index (κ1) is 16.7. The normalized spacial score (nSPS) is 18.2. The van der Waals surface area contributed by atoms with Crippen molar-refractivity contribution in [2.75, 3.05) is 32.1 Å². The summed E-state index contributed by atoms with van der Waals surface area (Å²) >= 11 is 0. The van der Waals surface area contributed by atoms with Gasteiger partial charge in [0.05, 0.1) is 5.69 Å². The lowest BCUT2D eigenvalue weighted by molar-refractivity contribution is 0.257. The third kappa shape index (κ3) is 3.36. The Hall–Kier alpha value is -2.14. The number of anilines is 1. The molecule has 128 valence electrons. The van der Waals surface area contributed by atoms with Crippen molar-refractivity contribution < 1.29 is 5.11 Å². The van der Waals surface area contributed by atoms with Crippen molar-refractivity contribution in [3.05, 3.63) is 35.4 Å². The molecule has 0 saturated carbocycles. The number of rotatable bonds is 3. The Balaban J connectivity index is 1.84. The van der Waals surface area contributed by atoms with Crippen LogP contribution in [0.5, 0.6) is 5.75 Å². The molecule has 3 rings (SSSR count). The minimum absolute atomic E-state index is 0.264. The van der Waals surface area contributed by atoms with Gasteiger partial charge in [0.15, 0.2) is 5.82 Å². The highest BCUT2D eigenvalue weighted by molar-refractivity contribution is 5.71. The van der Waals surface area contributed by atoms with Crippen LogP contribution in [0.25, 0.3) is 11.3 Å². The smallest absolute Gasteiger partial charge is 0.151 e. The van der Waals surface area contributed by atoms with E-state index in [1.165, 1.54) is 12.8 Å². The predicted molar refractivity (Wildman–Crippen MR) is 97.5 cm³/mol. The van der Waals surface area contributed by atoms with Gasteiger partial charge in [0.25, 0.3) is 0 Å². The van der Waals surface area contributed by atoms with Gasteiger partial charge in [0.1, 0.15) is 5.75 Å². The average molecular weight is 326 g/mol. The number of phenols is 1. The first-order valence-electron chi connectivity index (χ1n) is 8.51. The summed E-state index contributed by atoms with van der Waals surface area (Å²) < 4.78 is 0. The Morgan fingerprint density at radius 2 is 1.96 bits per heavy atom. The van der Waals surface area contributed by atoms with Crippen molar-refractivity contribution in [2.24, 2.45) is 0 Å². The number of nitrogens with zero attached hydrogens (tertiary/aromatic N) is 4. The zero-order valence-electron chi connectivity index (χ0n) is 15.0. The van der Waals surface area contributed by atoms with Crippen LogP contribution in [0.3, 0.4) is 0 Å². The van der Waals surface area contributed by atoms with Crippen molar-refractivity contribution in [3.8, 4) is 17.0 Å². The Morgan fingerprint density at radius 3 is 2.58 bits per heavy atom. The van der Waals surface area contributed by atoms with Crippen molar-refractivity contribution in [1.82, 2.24) is 15.1 Å². The van der Waals surface area contributed by atoms with Gasteiger partial charge in [-0.1, -0.05) is 6.07 Å². The molecule has 5 nitrogen and oxygen atoms in total. The lowest BCUT2D eigenvalue weighted by Gasteiger charge is -2.36. The number of hydrogen-bond acceptors (Lipinski definition) is 5. The molecule has 1 aromatic carbocycles. The fourth-order valence-corrected chi connectivity index (χ4v) is 3.49. The van der Waals surface area contributed by atoms with Gasteiger partial charge in [-0.25, -0.2) is 0 Å². The van der Waals surface area contributed by atoms with Crippen LogP contribution in [-0.4, -0.2) is 53.4 Å². The van der Waals surface area contributed by atoms with Crippen LogP contribution >= 0.6 is 0 Å². The summed E-state index contributed by atoms with van der Waals surface area (Å²) in [5.74, 6) is 1.18. The highest BCUT2D eigenvalue weighted by atomic mass is 16.3. The maximum Gasteiger partial charge on any atom is 0.151 e. The van der Waals surface area contributed by atoms with Crippen LogP contribution < -0.4 is 4.90 Å². The molecule has 1 fully saturated rings. The van der Waals surface area contributed by atoms with Gasteiger partial charge in [-0.3, -0.25) is 0 Å². The zero-order valence-corrected chi connectivity index (χ0v) is 15.0. The Kier molecular flexibility index (Phi) is 4.71. The molecule has 2 aromatic rings. The summed E-state index contributed by atoms with van der Waals surface area (Å²) in [7, 11) is 4.26. The zero-order chi connectivity index (χ0) is 17.3. The lowest BCUT2D eigenvalue weighted by Crippen LogP contribution is -2.45. The second-order valence-electron chi connectivity index (χ2n) is 6.96. The first-order valence-corrected chi connectivity index (χ1v) is 8.51. The largest absolute Gasteiger partial charge is 0.507 e. The van der Waals surface area contributed by atoms with Gasteiger partial charge >= 0.3 is 0 Å². The molecule has 1 atom stereocenters. The number of aromatic hydroxyl groups is 1. The number of benzene rings is 1. The van der Waals surface area contributed by atoms with E-state index in [4.69, 9.17) is 0 Å². The van der Waals surface area contributed by atoms with Gasteiger partial charge < -0.3 is 14.9 Å². The van der Waals surface area contributed by atoms with Crippen molar-refractivity contribution in [2.45, 2.75) is 32.7 Å².